The highest BCUT2D eigenvalue weighted by atomic mass is 35.5. The topological polar surface area (TPSA) is 54.3 Å². The first-order valence-corrected chi connectivity index (χ1v) is 7.28. The van der Waals surface area contributed by atoms with E-state index in [1.165, 1.54) is 11.3 Å². The summed E-state index contributed by atoms with van der Waals surface area (Å²) in [5, 5.41) is 16.9. The van der Waals surface area contributed by atoms with Crippen molar-refractivity contribution in [1.82, 2.24) is 9.88 Å². The summed E-state index contributed by atoms with van der Waals surface area (Å²) >= 11 is 7.40. The van der Waals surface area contributed by atoms with Crippen LogP contribution in [-0.4, -0.2) is 22.1 Å². The SMILES string of the molecule is CCn1cc(Cl)cc1C(=O)NCC(O)c1ccsc1. The van der Waals surface area contributed by atoms with Crippen LogP contribution >= 0.6 is 22.9 Å². The Hall–Kier alpha value is -1.30. The van der Waals surface area contributed by atoms with Crippen molar-refractivity contribution in [3.8, 4) is 0 Å². The molecule has 1 atom stereocenters. The molecule has 2 aromatic rings. The molecule has 0 radical (unpaired) electrons. The zero-order chi connectivity index (χ0) is 13.8. The number of nitrogens with zero attached hydrogens (tertiary/aromatic N) is 1. The predicted octanol–water partition coefficient (Wildman–Crippen LogP) is 2.69. The van der Waals surface area contributed by atoms with Gasteiger partial charge in [0.1, 0.15) is 5.69 Å². The number of rotatable bonds is 5. The standard InChI is InChI=1S/C13H15ClN2O2S/c1-2-16-7-10(14)5-11(16)13(18)15-6-12(17)9-3-4-19-8-9/h3-5,7-8,12,17H,2,6H2,1H3,(H,15,18). The summed E-state index contributed by atoms with van der Waals surface area (Å²) in [5.74, 6) is -0.233. The third-order valence-corrected chi connectivity index (χ3v) is 3.73. The Morgan fingerprint density at radius 3 is 3.05 bits per heavy atom. The second-order valence-corrected chi connectivity index (χ2v) is 5.33. The lowest BCUT2D eigenvalue weighted by atomic mass is 10.2. The van der Waals surface area contributed by atoms with Gasteiger partial charge in [-0.1, -0.05) is 11.6 Å². The summed E-state index contributed by atoms with van der Waals surface area (Å²) in [4.78, 5) is 12.0. The average molecular weight is 299 g/mol. The fourth-order valence-corrected chi connectivity index (χ4v) is 2.72. The summed E-state index contributed by atoms with van der Waals surface area (Å²) in [6.45, 7) is 2.79. The Morgan fingerprint density at radius 2 is 2.42 bits per heavy atom. The molecule has 0 spiro atoms. The first-order chi connectivity index (χ1) is 9.11. The quantitative estimate of drug-likeness (QED) is 0.892. The van der Waals surface area contributed by atoms with Gasteiger partial charge in [-0.25, -0.2) is 0 Å². The second kappa shape index (κ2) is 6.23. The van der Waals surface area contributed by atoms with Gasteiger partial charge in [0.2, 0.25) is 0 Å². The van der Waals surface area contributed by atoms with Crippen LogP contribution in [0.15, 0.2) is 29.1 Å². The van der Waals surface area contributed by atoms with Crippen molar-refractivity contribution in [3.63, 3.8) is 0 Å². The molecule has 0 aliphatic carbocycles. The normalized spacial score (nSPS) is 12.4. The van der Waals surface area contributed by atoms with E-state index >= 15 is 0 Å². The van der Waals surface area contributed by atoms with Gasteiger partial charge in [-0.15, -0.1) is 0 Å². The summed E-state index contributed by atoms with van der Waals surface area (Å²) < 4.78 is 1.77. The molecular weight excluding hydrogens is 284 g/mol. The molecule has 0 fully saturated rings. The van der Waals surface area contributed by atoms with Gasteiger partial charge in [-0.2, -0.15) is 11.3 Å². The van der Waals surface area contributed by atoms with E-state index in [2.05, 4.69) is 5.32 Å². The Labute approximate surface area is 120 Å². The van der Waals surface area contributed by atoms with Crippen molar-refractivity contribution in [1.29, 1.82) is 0 Å². The zero-order valence-corrected chi connectivity index (χ0v) is 12.0. The third kappa shape index (κ3) is 3.37. The van der Waals surface area contributed by atoms with Crippen molar-refractivity contribution in [3.05, 3.63) is 45.4 Å². The first kappa shape index (κ1) is 14.1. The van der Waals surface area contributed by atoms with Crippen LogP contribution in [0.4, 0.5) is 0 Å². The minimum Gasteiger partial charge on any atom is -0.387 e. The third-order valence-electron chi connectivity index (χ3n) is 2.82. The van der Waals surface area contributed by atoms with Gasteiger partial charge in [-0.05, 0) is 35.4 Å². The number of thiophene rings is 1. The molecule has 6 heteroatoms. The second-order valence-electron chi connectivity index (χ2n) is 4.11. The van der Waals surface area contributed by atoms with E-state index < -0.39 is 6.10 Å². The fraction of sp³-hybridized carbons (Fsp3) is 0.308. The summed E-state index contributed by atoms with van der Waals surface area (Å²) in [6.07, 6.45) is 1.03. The summed E-state index contributed by atoms with van der Waals surface area (Å²) in [6, 6.07) is 3.46. The van der Waals surface area contributed by atoms with Crippen LogP contribution in [0.5, 0.6) is 0 Å². The van der Waals surface area contributed by atoms with E-state index in [-0.39, 0.29) is 12.5 Å². The maximum atomic E-state index is 12.0. The Morgan fingerprint density at radius 1 is 1.63 bits per heavy atom. The molecule has 102 valence electrons. The molecule has 0 bridgehead atoms. The number of carbonyl (C=O) groups is 1. The highest BCUT2D eigenvalue weighted by molar-refractivity contribution is 7.07. The smallest absolute Gasteiger partial charge is 0.268 e. The Kier molecular flexibility index (Phi) is 4.63. The van der Waals surface area contributed by atoms with Gasteiger partial charge in [0.25, 0.3) is 5.91 Å². The molecule has 0 saturated heterocycles. The Bertz CT molecular complexity index is 551. The first-order valence-electron chi connectivity index (χ1n) is 5.96. The highest BCUT2D eigenvalue weighted by Crippen LogP contribution is 2.16. The molecule has 2 rings (SSSR count). The van der Waals surface area contributed by atoms with Crippen LogP contribution in [-0.2, 0) is 6.54 Å². The van der Waals surface area contributed by atoms with E-state index in [1.54, 1.807) is 16.8 Å². The number of aliphatic hydroxyl groups is 1. The molecule has 1 amide bonds. The van der Waals surface area contributed by atoms with Crippen molar-refractivity contribution in [2.24, 2.45) is 0 Å². The van der Waals surface area contributed by atoms with E-state index in [0.717, 1.165) is 5.56 Å². The highest BCUT2D eigenvalue weighted by Gasteiger charge is 2.14. The Balaban J connectivity index is 1.97. The van der Waals surface area contributed by atoms with Crippen LogP contribution in [0, 0.1) is 0 Å². The van der Waals surface area contributed by atoms with Crippen molar-refractivity contribution in [2.45, 2.75) is 19.6 Å². The zero-order valence-electron chi connectivity index (χ0n) is 10.5. The lowest BCUT2D eigenvalue weighted by Crippen LogP contribution is -2.29. The number of carbonyl (C=O) groups excluding carboxylic acids is 1. The summed E-state index contributed by atoms with van der Waals surface area (Å²) in [7, 11) is 0. The fourth-order valence-electron chi connectivity index (χ4n) is 1.79. The number of aryl methyl sites for hydroxylation is 1. The molecule has 2 heterocycles. The predicted molar refractivity (Wildman–Crippen MR) is 76.7 cm³/mol. The van der Waals surface area contributed by atoms with Crippen LogP contribution in [0.2, 0.25) is 5.02 Å². The van der Waals surface area contributed by atoms with Gasteiger partial charge in [0.05, 0.1) is 11.1 Å². The minimum atomic E-state index is -0.685. The molecular formula is C13H15ClN2O2S. The van der Waals surface area contributed by atoms with Crippen molar-refractivity contribution in [2.75, 3.05) is 6.54 Å². The molecule has 0 saturated carbocycles. The number of nitrogens with one attached hydrogen (secondary N) is 1. The molecule has 1 unspecified atom stereocenters. The van der Waals surface area contributed by atoms with E-state index in [4.69, 9.17) is 11.6 Å². The van der Waals surface area contributed by atoms with E-state index in [9.17, 15) is 9.90 Å². The van der Waals surface area contributed by atoms with Gasteiger partial charge < -0.3 is 15.0 Å². The monoisotopic (exact) mass is 298 g/mol. The van der Waals surface area contributed by atoms with Gasteiger partial charge >= 0.3 is 0 Å². The maximum Gasteiger partial charge on any atom is 0.268 e. The van der Waals surface area contributed by atoms with Crippen LogP contribution in [0.1, 0.15) is 29.1 Å². The number of aromatic nitrogens is 1. The lowest BCUT2D eigenvalue weighted by molar-refractivity contribution is 0.0907. The van der Waals surface area contributed by atoms with Gasteiger partial charge in [-0.3, -0.25) is 4.79 Å². The molecule has 0 aliphatic rings. The van der Waals surface area contributed by atoms with Crippen LogP contribution in [0.3, 0.4) is 0 Å². The average Bonchev–Trinajstić information content (AvgIpc) is 3.04. The van der Waals surface area contributed by atoms with E-state index in [0.29, 0.717) is 17.3 Å². The number of amides is 1. The van der Waals surface area contributed by atoms with Crippen LogP contribution in [0.25, 0.3) is 0 Å². The summed E-state index contributed by atoms with van der Waals surface area (Å²) in [5.41, 5.74) is 1.32. The molecule has 2 aromatic heterocycles. The van der Waals surface area contributed by atoms with Crippen molar-refractivity contribution < 1.29 is 9.90 Å². The molecule has 0 aromatic carbocycles. The number of hydrogen-bond acceptors (Lipinski definition) is 3. The number of halogens is 1. The number of aliphatic hydroxyl groups excluding tert-OH is 1. The molecule has 2 N–H and O–H groups in total. The molecule has 19 heavy (non-hydrogen) atoms. The van der Waals surface area contributed by atoms with Crippen LogP contribution < -0.4 is 5.32 Å². The number of hydrogen-bond donors (Lipinski definition) is 2. The van der Waals surface area contributed by atoms with Crippen molar-refractivity contribution >= 4 is 28.8 Å². The minimum absolute atomic E-state index is 0.183. The lowest BCUT2D eigenvalue weighted by Gasteiger charge is -2.11. The van der Waals surface area contributed by atoms with E-state index in [1.807, 2.05) is 23.8 Å². The largest absolute Gasteiger partial charge is 0.387 e. The molecule has 0 aliphatic heterocycles. The van der Waals surface area contributed by atoms with Gasteiger partial charge in [0, 0.05) is 19.3 Å². The molecule has 4 nitrogen and oxygen atoms in total. The maximum absolute atomic E-state index is 12.0. The van der Waals surface area contributed by atoms with Gasteiger partial charge in [0.15, 0.2) is 0 Å².